The van der Waals surface area contributed by atoms with Gasteiger partial charge in [0.1, 0.15) is 0 Å². The highest BCUT2D eigenvalue weighted by Crippen LogP contribution is 2.29. The van der Waals surface area contributed by atoms with Gasteiger partial charge in [-0.1, -0.05) is 24.6 Å². The van der Waals surface area contributed by atoms with Gasteiger partial charge in [0.25, 0.3) is 5.91 Å². The third-order valence-corrected chi connectivity index (χ3v) is 7.50. The van der Waals surface area contributed by atoms with Crippen LogP contribution in [0.3, 0.4) is 0 Å². The summed E-state index contributed by atoms with van der Waals surface area (Å²) < 4.78 is 38.6. The Hall–Kier alpha value is -2.58. The number of benzene rings is 2. The van der Waals surface area contributed by atoms with Crippen molar-refractivity contribution in [2.24, 2.45) is 0 Å². The van der Waals surface area contributed by atoms with E-state index in [1.54, 1.807) is 43.4 Å². The smallest absolute Gasteiger partial charge is 0.255 e. The number of sulfonamides is 1. The van der Waals surface area contributed by atoms with Crippen LogP contribution in [-0.4, -0.2) is 57.4 Å². The monoisotopic (exact) mass is 446 g/mol. The fourth-order valence-corrected chi connectivity index (χ4v) is 5.51. The molecule has 0 bridgehead atoms. The molecule has 168 valence electrons. The zero-order chi connectivity index (χ0) is 22.4. The molecule has 0 aromatic heterocycles. The molecule has 2 aromatic rings. The molecular formula is C23H30N2O5S. The fraction of sp³-hybridized carbons (Fsp3) is 0.435. The number of methoxy groups -OCH3 is 2. The Morgan fingerprint density at radius 1 is 1.00 bits per heavy atom. The number of ether oxygens (including phenoxy) is 2. The van der Waals surface area contributed by atoms with Gasteiger partial charge in [-0.2, -0.15) is 4.31 Å². The first-order valence-corrected chi connectivity index (χ1v) is 12.0. The van der Waals surface area contributed by atoms with Gasteiger partial charge in [-0.05, 0) is 49.6 Å². The van der Waals surface area contributed by atoms with E-state index in [9.17, 15) is 13.2 Å². The third kappa shape index (κ3) is 5.02. The van der Waals surface area contributed by atoms with E-state index in [2.05, 4.69) is 0 Å². The van der Waals surface area contributed by atoms with E-state index in [-0.39, 0.29) is 16.4 Å². The van der Waals surface area contributed by atoms with Crippen molar-refractivity contribution < 1.29 is 22.7 Å². The lowest BCUT2D eigenvalue weighted by molar-refractivity contribution is 0.0748. The van der Waals surface area contributed by atoms with Crippen molar-refractivity contribution >= 4 is 15.9 Å². The molecule has 0 spiro atoms. The Balaban J connectivity index is 1.89. The molecule has 0 saturated carbocycles. The Morgan fingerprint density at radius 3 is 2.32 bits per heavy atom. The Bertz CT molecular complexity index is 1020. The molecule has 0 atom stereocenters. The fourth-order valence-electron chi connectivity index (χ4n) is 3.81. The molecule has 1 saturated heterocycles. The number of piperidine rings is 1. The highest BCUT2D eigenvalue weighted by molar-refractivity contribution is 7.89. The molecule has 0 aliphatic carbocycles. The maximum Gasteiger partial charge on any atom is 0.255 e. The minimum absolute atomic E-state index is 0.0765. The predicted octanol–water partition coefficient (Wildman–Crippen LogP) is 3.54. The van der Waals surface area contributed by atoms with Crippen LogP contribution < -0.4 is 9.47 Å². The molecule has 3 rings (SSSR count). The molecule has 1 fully saturated rings. The number of nitrogens with zero attached hydrogens (tertiary/aromatic N) is 2. The van der Waals surface area contributed by atoms with Crippen LogP contribution in [0.5, 0.6) is 11.5 Å². The highest BCUT2D eigenvalue weighted by Gasteiger charge is 2.31. The quantitative estimate of drug-likeness (QED) is 0.620. The SMILES string of the molecule is CCN(Cc1ccc(OC)c(OC)c1)C(=O)c1ccccc1S(=O)(=O)N1CCCCC1. The van der Waals surface area contributed by atoms with Crippen LogP contribution in [0.4, 0.5) is 0 Å². The Morgan fingerprint density at radius 2 is 1.68 bits per heavy atom. The second-order valence-corrected chi connectivity index (χ2v) is 9.38. The van der Waals surface area contributed by atoms with Crippen molar-refractivity contribution in [2.45, 2.75) is 37.6 Å². The number of hydrogen-bond acceptors (Lipinski definition) is 5. The van der Waals surface area contributed by atoms with E-state index in [0.717, 1.165) is 24.8 Å². The molecule has 1 aliphatic heterocycles. The van der Waals surface area contributed by atoms with Gasteiger partial charge in [0.2, 0.25) is 10.0 Å². The molecule has 1 aliphatic rings. The van der Waals surface area contributed by atoms with Gasteiger partial charge >= 0.3 is 0 Å². The summed E-state index contributed by atoms with van der Waals surface area (Å²) in [7, 11) is -0.593. The van der Waals surface area contributed by atoms with Gasteiger partial charge in [-0.25, -0.2) is 8.42 Å². The molecule has 0 N–H and O–H groups in total. The number of amides is 1. The summed E-state index contributed by atoms with van der Waals surface area (Å²) in [5, 5.41) is 0. The molecule has 31 heavy (non-hydrogen) atoms. The molecule has 0 radical (unpaired) electrons. The van der Waals surface area contributed by atoms with Crippen molar-refractivity contribution in [3.05, 3.63) is 53.6 Å². The summed E-state index contributed by atoms with van der Waals surface area (Å²) in [5.41, 5.74) is 1.07. The Labute approximate surface area is 184 Å². The standard InChI is InChI=1S/C23H30N2O5S/c1-4-24(17-18-12-13-20(29-2)21(16-18)30-3)23(26)19-10-6-7-11-22(19)31(27,28)25-14-8-5-9-15-25/h6-7,10-13,16H,4-5,8-9,14-15,17H2,1-3H3. The van der Waals surface area contributed by atoms with Crippen molar-refractivity contribution in [1.82, 2.24) is 9.21 Å². The normalized spacial score (nSPS) is 14.8. The number of carbonyl (C=O) groups is 1. The molecule has 0 unspecified atom stereocenters. The van der Waals surface area contributed by atoms with Crippen LogP contribution in [-0.2, 0) is 16.6 Å². The van der Waals surface area contributed by atoms with Crippen LogP contribution >= 0.6 is 0 Å². The van der Waals surface area contributed by atoms with Gasteiger partial charge in [0.05, 0.1) is 24.7 Å². The first kappa shape index (κ1) is 23.1. The van der Waals surface area contributed by atoms with Crippen LogP contribution in [0.2, 0.25) is 0 Å². The van der Waals surface area contributed by atoms with E-state index in [0.29, 0.717) is 37.7 Å². The zero-order valence-electron chi connectivity index (χ0n) is 18.3. The third-order valence-electron chi connectivity index (χ3n) is 5.54. The summed E-state index contributed by atoms with van der Waals surface area (Å²) in [6.45, 7) is 3.63. The second-order valence-electron chi connectivity index (χ2n) is 7.47. The summed E-state index contributed by atoms with van der Waals surface area (Å²) in [6.07, 6.45) is 2.72. The number of rotatable bonds is 8. The largest absolute Gasteiger partial charge is 0.493 e. The van der Waals surface area contributed by atoms with Crippen molar-refractivity contribution in [3.63, 3.8) is 0 Å². The average molecular weight is 447 g/mol. The van der Waals surface area contributed by atoms with Gasteiger partial charge < -0.3 is 14.4 Å². The molecule has 1 amide bonds. The lowest BCUT2D eigenvalue weighted by Crippen LogP contribution is -2.37. The molecule has 2 aromatic carbocycles. The zero-order valence-corrected chi connectivity index (χ0v) is 19.2. The van der Waals surface area contributed by atoms with Gasteiger partial charge in [0, 0.05) is 26.2 Å². The first-order chi connectivity index (χ1) is 14.9. The van der Waals surface area contributed by atoms with E-state index in [4.69, 9.17) is 9.47 Å². The summed E-state index contributed by atoms with van der Waals surface area (Å²) >= 11 is 0. The van der Waals surface area contributed by atoms with Gasteiger partial charge in [-0.3, -0.25) is 4.79 Å². The Kier molecular flexibility index (Phi) is 7.56. The summed E-state index contributed by atoms with van der Waals surface area (Å²) in [5.74, 6) is 0.878. The minimum atomic E-state index is -3.72. The molecular weight excluding hydrogens is 416 g/mol. The van der Waals surface area contributed by atoms with E-state index >= 15 is 0 Å². The number of hydrogen-bond donors (Lipinski definition) is 0. The summed E-state index contributed by atoms with van der Waals surface area (Å²) in [4.78, 5) is 15.1. The second kappa shape index (κ2) is 10.2. The van der Waals surface area contributed by atoms with Crippen LogP contribution in [0.1, 0.15) is 42.1 Å². The van der Waals surface area contributed by atoms with E-state index < -0.39 is 10.0 Å². The van der Waals surface area contributed by atoms with Crippen molar-refractivity contribution in [1.29, 1.82) is 0 Å². The van der Waals surface area contributed by atoms with E-state index in [1.165, 1.54) is 10.4 Å². The van der Waals surface area contributed by atoms with Crippen LogP contribution in [0.25, 0.3) is 0 Å². The van der Waals surface area contributed by atoms with Gasteiger partial charge in [-0.15, -0.1) is 0 Å². The molecule has 8 heteroatoms. The number of carbonyl (C=O) groups excluding carboxylic acids is 1. The lowest BCUT2D eigenvalue weighted by atomic mass is 10.1. The van der Waals surface area contributed by atoms with E-state index in [1.807, 2.05) is 19.1 Å². The maximum atomic E-state index is 13.4. The van der Waals surface area contributed by atoms with Crippen molar-refractivity contribution in [3.8, 4) is 11.5 Å². The predicted molar refractivity (Wildman–Crippen MR) is 119 cm³/mol. The van der Waals surface area contributed by atoms with Gasteiger partial charge in [0.15, 0.2) is 11.5 Å². The minimum Gasteiger partial charge on any atom is -0.493 e. The van der Waals surface area contributed by atoms with Crippen molar-refractivity contribution in [2.75, 3.05) is 33.9 Å². The lowest BCUT2D eigenvalue weighted by Gasteiger charge is -2.28. The van der Waals surface area contributed by atoms with Crippen LogP contribution in [0, 0.1) is 0 Å². The van der Waals surface area contributed by atoms with Crippen LogP contribution in [0.15, 0.2) is 47.4 Å². The summed E-state index contributed by atoms with van der Waals surface area (Å²) in [6, 6.07) is 12.0. The first-order valence-electron chi connectivity index (χ1n) is 10.5. The average Bonchev–Trinajstić information content (AvgIpc) is 2.82. The maximum absolute atomic E-state index is 13.4. The topological polar surface area (TPSA) is 76.1 Å². The molecule has 1 heterocycles. The highest BCUT2D eigenvalue weighted by atomic mass is 32.2. The molecule has 7 nitrogen and oxygen atoms in total.